The molecule has 0 saturated heterocycles. The molecule has 2 aliphatic carbocycles. The molecular weight excluding hydrogens is 228 g/mol. The van der Waals surface area contributed by atoms with E-state index in [2.05, 4.69) is 6.04 Å². The van der Waals surface area contributed by atoms with Gasteiger partial charge in [0.1, 0.15) is 0 Å². The molecule has 0 aromatic carbocycles. The summed E-state index contributed by atoms with van der Waals surface area (Å²) < 4.78 is 11.9. The van der Waals surface area contributed by atoms with Crippen LogP contribution in [0.4, 0.5) is 0 Å². The first-order valence-electron chi connectivity index (χ1n) is 7.27. The van der Waals surface area contributed by atoms with E-state index in [4.69, 9.17) is 8.85 Å². The molecule has 99 valence electrons. The molecule has 17 heavy (non-hydrogen) atoms. The van der Waals surface area contributed by atoms with E-state index in [1.807, 2.05) is 14.2 Å². The van der Waals surface area contributed by atoms with Gasteiger partial charge in [0.15, 0.2) is 0 Å². The van der Waals surface area contributed by atoms with Gasteiger partial charge in [-0.15, -0.1) is 0 Å². The summed E-state index contributed by atoms with van der Waals surface area (Å²) in [5.74, 6) is 0.760. The Kier molecular flexibility index (Phi) is 5.06. The fraction of sp³-hybridized carbons (Fsp3) is 0.929. The standard InChI is InChI=1S/C14H27O2Si/c1-15-17(16-2,14-10-6-7-11-14)12-13-8-4-3-5-9-13/h12-14H,3-11H2,1-2H3. The highest BCUT2D eigenvalue weighted by atomic mass is 28.4. The van der Waals surface area contributed by atoms with Crippen molar-refractivity contribution in [1.82, 2.24) is 0 Å². The zero-order chi connectivity index (χ0) is 12.1. The van der Waals surface area contributed by atoms with Crippen LogP contribution in [0.15, 0.2) is 0 Å². The second-order valence-electron chi connectivity index (χ2n) is 5.68. The van der Waals surface area contributed by atoms with Gasteiger partial charge in [-0.2, -0.15) is 0 Å². The van der Waals surface area contributed by atoms with Crippen LogP contribution in [-0.2, 0) is 8.85 Å². The first-order chi connectivity index (χ1) is 8.30. The molecule has 2 saturated carbocycles. The smallest absolute Gasteiger partial charge is 0.344 e. The van der Waals surface area contributed by atoms with Crippen molar-refractivity contribution in [2.45, 2.75) is 63.3 Å². The van der Waals surface area contributed by atoms with Crippen molar-refractivity contribution in [3.05, 3.63) is 6.04 Å². The second kappa shape index (κ2) is 6.35. The Morgan fingerprint density at radius 1 is 0.824 bits per heavy atom. The van der Waals surface area contributed by atoms with Crippen LogP contribution < -0.4 is 0 Å². The van der Waals surface area contributed by atoms with Gasteiger partial charge in [-0.05, 0) is 18.8 Å². The molecule has 0 aromatic rings. The average molecular weight is 255 g/mol. The Balaban J connectivity index is 1.98. The highest BCUT2D eigenvalue weighted by Gasteiger charge is 2.47. The molecule has 0 spiro atoms. The molecule has 2 nitrogen and oxygen atoms in total. The monoisotopic (exact) mass is 255 g/mol. The fourth-order valence-corrected chi connectivity index (χ4v) is 7.23. The molecule has 0 aromatic heterocycles. The first kappa shape index (κ1) is 13.6. The Morgan fingerprint density at radius 3 is 1.88 bits per heavy atom. The average Bonchev–Trinajstić information content (AvgIpc) is 2.92. The summed E-state index contributed by atoms with van der Waals surface area (Å²) in [6.07, 6.45) is 12.3. The van der Waals surface area contributed by atoms with Gasteiger partial charge in [0, 0.05) is 25.8 Å². The minimum atomic E-state index is -2.02. The molecule has 2 rings (SSSR count). The van der Waals surface area contributed by atoms with E-state index < -0.39 is 8.56 Å². The van der Waals surface area contributed by atoms with Gasteiger partial charge in [0.05, 0.1) is 0 Å². The third-order valence-corrected chi connectivity index (χ3v) is 8.61. The molecule has 2 fully saturated rings. The quantitative estimate of drug-likeness (QED) is 0.692. The van der Waals surface area contributed by atoms with Gasteiger partial charge < -0.3 is 8.85 Å². The lowest BCUT2D eigenvalue weighted by Gasteiger charge is -2.36. The van der Waals surface area contributed by atoms with Crippen LogP contribution >= 0.6 is 0 Å². The largest absolute Gasteiger partial charge is 0.397 e. The minimum Gasteiger partial charge on any atom is -0.397 e. The number of rotatable bonds is 5. The lowest BCUT2D eigenvalue weighted by Crippen LogP contribution is -2.47. The Labute approximate surface area is 107 Å². The van der Waals surface area contributed by atoms with Crippen LogP contribution in [-0.4, -0.2) is 22.8 Å². The van der Waals surface area contributed by atoms with Gasteiger partial charge in [-0.25, -0.2) is 0 Å². The summed E-state index contributed by atoms with van der Waals surface area (Å²) in [5.41, 5.74) is 0.708. The minimum absolute atomic E-state index is 0.708. The molecular formula is C14H27O2Si. The zero-order valence-electron chi connectivity index (χ0n) is 11.4. The molecule has 0 bridgehead atoms. The fourth-order valence-electron chi connectivity index (χ4n) is 3.65. The molecule has 2 aliphatic rings. The molecule has 0 N–H and O–H groups in total. The molecule has 0 unspecified atom stereocenters. The predicted molar refractivity (Wildman–Crippen MR) is 72.9 cm³/mol. The van der Waals surface area contributed by atoms with Gasteiger partial charge in [-0.1, -0.05) is 44.9 Å². The molecule has 0 heterocycles. The highest BCUT2D eigenvalue weighted by molar-refractivity contribution is 6.72. The van der Waals surface area contributed by atoms with Crippen LogP contribution in [0.1, 0.15) is 57.8 Å². The normalized spacial score (nSPS) is 24.4. The molecule has 0 amide bonds. The summed E-state index contributed by atoms with van der Waals surface area (Å²) in [6.45, 7) is 0. The number of hydrogen-bond donors (Lipinski definition) is 0. The van der Waals surface area contributed by atoms with E-state index in [0.29, 0.717) is 5.54 Å². The lowest BCUT2D eigenvalue weighted by molar-refractivity contribution is 0.227. The van der Waals surface area contributed by atoms with Crippen molar-refractivity contribution in [2.24, 2.45) is 5.92 Å². The van der Waals surface area contributed by atoms with Crippen LogP contribution in [0.5, 0.6) is 0 Å². The first-order valence-corrected chi connectivity index (χ1v) is 9.24. The van der Waals surface area contributed by atoms with Crippen LogP contribution in [0.25, 0.3) is 0 Å². The molecule has 3 heteroatoms. The van der Waals surface area contributed by atoms with Crippen molar-refractivity contribution >= 4 is 8.56 Å². The Hall–Kier alpha value is 0.137. The van der Waals surface area contributed by atoms with Crippen molar-refractivity contribution in [1.29, 1.82) is 0 Å². The maximum Gasteiger partial charge on any atom is 0.344 e. The summed E-state index contributed by atoms with van der Waals surface area (Å²) in [7, 11) is 1.71. The van der Waals surface area contributed by atoms with Gasteiger partial charge in [-0.3, -0.25) is 0 Å². The highest BCUT2D eigenvalue weighted by Crippen LogP contribution is 2.43. The maximum absolute atomic E-state index is 5.93. The van der Waals surface area contributed by atoms with Crippen molar-refractivity contribution in [2.75, 3.05) is 14.2 Å². The molecule has 1 radical (unpaired) electrons. The Morgan fingerprint density at radius 2 is 1.35 bits per heavy atom. The van der Waals surface area contributed by atoms with Gasteiger partial charge in [0.25, 0.3) is 0 Å². The summed E-state index contributed by atoms with van der Waals surface area (Å²) >= 11 is 0. The van der Waals surface area contributed by atoms with Crippen LogP contribution in [0, 0.1) is 12.0 Å². The SMILES string of the molecule is CO[Si]([CH]C1CCCCC1)(OC)C1CCCC1. The van der Waals surface area contributed by atoms with Crippen molar-refractivity contribution in [3.63, 3.8) is 0 Å². The van der Waals surface area contributed by atoms with Crippen molar-refractivity contribution in [3.8, 4) is 0 Å². The van der Waals surface area contributed by atoms with E-state index in [9.17, 15) is 0 Å². The van der Waals surface area contributed by atoms with Gasteiger partial charge >= 0.3 is 8.56 Å². The van der Waals surface area contributed by atoms with E-state index >= 15 is 0 Å². The van der Waals surface area contributed by atoms with Gasteiger partial charge in [0.2, 0.25) is 0 Å². The maximum atomic E-state index is 5.93. The second-order valence-corrected chi connectivity index (χ2v) is 9.08. The topological polar surface area (TPSA) is 18.5 Å². The van der Waals surface area contributed by atoms with E-state index in [1.165, 1.54) is 57.8 Å². The zero-order valence-corrected chi connectivity index (χ0v) is 12.4. The van der Waals surface area contributed by atoms with Crippen molar-refractivity contribution < 1.29 is 8.85 Å². The summed E-state index contributed by atoms with van der Waals surface area (Å²) in [4.78, 5) is 0. The summed E-state index contributed by atoms with van der Waals surface area (Å²) in [5, 5.41) is 0. The van der Waals surface area contributed by atoms with E-state index in [-0.39, 0.29) is 0 Å². The van der Waals surface area contributed by atoms with Crippen LogP contribution in [0.3, 0.4) is 0 Å². The summed E-state index contributed by atoms with van der Waals surface area (Å²) in [6, 6.07) is 2.53. The number of hydrogen-bond acceptors (Lipinski definition) is 2. The predicted octanol–water partition coefficient (Wildman–Crippen LogP) is 3.99. The Bertz CT molecular complexity index is 216. The molecule has 0 atom stereocenters. The lowest BCUT2D eigenvalue weighted by atomic mass is 9.91. The third-order valence-electron chi connectivity index (χ3n) is 4.68. The third kappa shape index (κ3) is 3.12. The molecule has 0 aliphatic heterocycles. The van der Waals surface area contributed by atoms with E-state index in [1.54, 1.807) is 0 Å². The van der Waals surface area contributed by atoms with Crippen LogP contribution in [0.2, 0.25) is 5.54 Å². The van der Waals surface area contributed by atoms with E-state index in [0.717, 1.165) is 5.92 Å².